The molecule has 0 amide bonds. The van der Waals surface area contributed by atoms with Gasteiger partial charge in [0.1, 0.15) is 0 Å². The van der Waals surface area contributed by atoms with E-state index in [4.69, 9.17) is 14.2 Å². The van der Waals surface area contributed by atoms with E-state index in [9.17, 15) is 5.11 Å². The van der Waals surface area contributed by atoms with Crippen LogP contribution in [0, 0.1) is 5.92 Å². The number of methoxy groups -OCH3 is 1. The third-order valence-electron chi connectivity index (χ3n) is 2.25. The summed E-state index contributed by atoms with van der Waals surface area (Å²) in [5.74, 6) is 0.599. The fourth-order valence-corrected chi connectivity index (χ4v) is 1.32. The van der Waals surface area contributed by atoms with E-state index in [1.807, 2.05) is 0 Å². The summed E-state index contributed by atoms with van der Waals surface area (Å²) >= 11 is 0. The first kappa shape index (κ1) is 17.8. The topological polar surface area (TPSA) is 60.0 Å². The Balaban J connectivity index is 3.12. The molecule has 5 heteroatoms. The molecule has 0 heterocycles. The van der Waals surface area contributed by atoms with Crippen molar-refractivity contribution in [2.24, 2.45) is 5.92 Å². The fraction of sp³-hybridized carbons (Fsp3) is 1.00. The average molecular weight is 263 g/mol. The Morgan fingerprint density at radius 3 is 2.39 bits per heavy atom. The van der Waals surface area contributed by atoms with Crippen molar-refractivity contribution in [1.29, 1.82) is 0 Å². The lowest BCUT2D eigenvalue weighted by atomic mass is 10.2. The predicted molar refractivity (Wildman–Crippen MR) is 71.8 cm³/mol. The Morgan fingerprint density at radius 1 is 1.00 bits per heavy atom. The summed E-state index contributed by atoms with van der Waals surface area (Å²) in [6.07, 6.45) is 0.411. The lowest BCUT2D eigenvalue weighted by Crippen LogP contribution is -2.32. The molecule has 1 unspecified atom stereocenters. The van der Waals surface area contributed by atoms with Gasteiger partial charge in [0.25, 0.3) is 0 Å². The molecule has 0 radical (unpaired) electrons. The number of rotatable bonds is 13. The number of aliphatic hydroxyl groups excluding tert-OH is 1. The summed E-state index contributed by atoms with van der Waals surface area (Å²) in [5.41, 5.74) is 0. The van der Waals surface area contributed by atoms with Gasteiger partial charge in [0.05, 0.1) is 25.9 Å². The molecule has 0 aliphatic carbocycles. The van der Waals surface area contributed by atoms with Gasteiger partial charge >= 0.3 is 0 Å². The SMILES string of the molecule is COCCOCCCOCC(O)CNCC(C)C. The Hall–Kier alpha value is -0.200. The van der Waals surface area contributed by atoms with Crippen molar-refractivity contribution in [3.63, 3.8) is 0 Å². The maximum atomic E-state index is 9.60. The molecule has 18 heavy (non-hydrogen) atoms. The quantitative estimate of drug-likeness (QED) is 0.478. The second-order valence-corrected chi connectivity index (χ2v) is 4.74. The minimum absolute atomic E-state index is 0.378. The molecule has 0 fully saturated rings. The Kier molecular flexibility index (Phi) is 13.1. The maximum Gasteiger partial charge on any atom is 0.0897 e. The molecule has 0 rings (SSSR count). The second-order valence-electron chi connectivity index (χ2n) is 4.74. The zero-order valence-corrected chi connectivity index (χ0v) is 12.0. The lowest BCUT2D eigenvalue weighted by molar-refractivity contribution is 0.0190. The van der Waals surface area contributed by atoms with Crippen molar-refractivity contribution in [2.45, 2.75) is 26.4 Å². The van der Waals surface area contributed by atoms with E-state index in [-0.39, 0.29) is 0 Å². The van der Waals surface area contributed by atoms with Crippen molar-refractivity contribution in [1.82, 2.24) is 5.32 Å². The Bertz CT molecular complexity index is 167. The van der Waals surface area contributed by atoms with Gasteiger partial charge in [-0.3, -0.25) is 0 Å². The molecule has 0 saturated carbocycles. The summed E-state index contributed by atoms with van der Waals surface area (Å²) < 4.78 is 15.5. The molecule has 0 saturated heterocycles. The number of nitrogens with one attached hydrogen (secondary N) is 1. The van der Waals surface area contributed by atoms with Gasteiger partial charge in [0.2, 0.25) is 0 Å². The van der Waals surface area contributed by atoms with E-state index < -0.39 is 6.10 Å². The minimum Gasteiger partial charge on any atom is -0.389 e. The van der Waals surface area contributed by atoms with E-state index in [0.29, 0.717) is 45.5 Å². The molecule has 5 nitrogen and oxygen atoms in total. The van der Waals surface area contributed by atoms with Crippen LogP contribution in [0.4, 0.5) is 0 Å². The standard InChI is InChI=1S/C13H29NO4/c1-12(2)9-14-10-13(15)11-18-6-4-5-17-8-7-16-3/h12-15H,4-11H2,1-3H3. The van der Waals surface area contributed by atoms with Crippen LogP contribution in [0.1, 0.15) is 20.3 Å². The van der Waals surface area contributed by atoms with Crippen molar-refractivity contribution < 1.29 is 19.3 Å². The van der Waals surface area contributed by atoms with Gasteiger partial charge in [-0.25, -0.2) is 0 Å². The first-order valence-electron chi connectivity index (χ1n) is 6.70. The summed E-state index contributed by atoms with van der Waals surface area (Å²) in [6, 6.07) is 0. The van der Waals surface area contributed by atoms with E-state index in [2.05, 4.69) is 19.2 Å². The molecule has 110 valence electrons. The van der Waals surface area contributed by atoms with Crippen molar-refractivity contribution >= 4 is 0 Å². The molecular weight excluding hydrogens is 234 g/mol. The third kappa shape index (κ3) is 13.9. The van der Waals surface area contributed by atoms with Gasteiger partial charge in [-0.1, -0.05) is 13.8 Å². The van der Waals surface area contributed by atoms with Crippen molar-refractivity contribution in [2.75, 3.05) is 53.2 Å². The first-order chi connectivity index (χ1) is 8.66. The van der Waals surface area contributed by atoms with Gasteiger partial charge in [-0.2, -0.15) is 0 Å². The van der Waals surface area contributed by atoms with Crippen molar-refractivity contribution in [3.8, 4) is 0 Å². The van der Waals surface area contributed by atoms with Gasteiger partial charge in [-0.15, -0.1) is 0 Å². The predicted octanol–water partition coefficient (Wildman–Crippen LogP) is 0.663. The molecule has 0 aliphatic heterocycles. The Morgan fingerprint density at radius 2 is 1.72 bits per heavy atom. The second kappa shape index (κ2) is 13.2. The average Bonchev–Trinajstić information content (AvgIpc) is 2.32. The van der Waals surface area contributed by atoms with Crippen LogP contribution in [0.25, 0.3) is 0 Å². The smallest absolute Gasteiger partial charge is 0.0897 e. The molecule has 0 aliphatic rings. The molecule has 0 bridgehead atoms. The summed E-state index contributed by atoms with van der Waals surface area (Å²) in [7, 11) is 1.65. The zero-order chi connectivity index (χ0) is 13.6. The molecule has 1 atom stereocenters. The molecule has 0 spiro atoms. The molecule has 0 aromatic carbocycles. The number of hydrogen-bond donors (Lipinski definition) is 2. The zero-order valence-electron chi connectivity index (χ0n) is 12.0. The van der Waals surface area contributed by atoms with Crippen LogP contribution in [-0.2, 0) is 14.2 Å². The normalized spacial score (nSPS) is 13.2. The van der Waals surface area contributed by atoms with Gasteiger partial charge < -0.3 is 24.6 Å². The van der Waals surface area contributed by atoms with Crippen LogP contribution in [0.3, 0.4) is 0 Å². The van der Waals surface area contributed by atoms with Crippen LogP contribution in [0.15, 0.2) is 0 Å². The maximum absolute atomic E-state index is 9.60. The molecular formula is C13H29NO4. The highest BCUT2D eigenvalue weighted by molar-refractivity contribution is 4.59. The van der Waals surface area contributed by atoms with Crippen molar-refractivity contribution in [3.05, 3.63) is 0 Å². The van der Waals surface area contributed by atoms with Crippen LogP contribution in [0.5, 0.6) is 0 Å². The third-order valence-corrected chi connectivity index (χ3v) is 2.25. The van der Waals surface area contributed by atoms with Crippen LogP contribution >= 0.6 is 0 Å². The van der Waals surface area contributed by atoms with Gasteiger partial charge in [-0.05, 0) is 18.9 Å². The molecule has 0 aromatic rings. The minimum atomic E-state index is -0.432. The fourth-order valence-electron chi connectivity index (χ4n) is 1.32. The molecule has 2 N–H and O–H groups in total. The van der Waals surface area contributed by atoms with Crippen LogP contribution in [0.2, 0.25) is 0 Å². The van der Waals surface area contributed by atoms with E-state index >= 15 is 0 Å². The van der Waals surface area contributed by atoms with Gasteiger partial charge in [0, 0.05) is 26.9 Å². The largest absolute Gasteiger partial charge is 0.389 e. The monoisotopic (exact) mass is 263 g/mol. The summed E-state index contributed by atoms with van der Waals surface area (Å²) in [5, 5.41) is 12.8. The first-order valence-corrected chi connectivity index (χ1v) is 6.70. The summed E-state index contributed by atoms with van der Waals surface area (Å²) in [4.78, 5) is 0. The summed E-state index contributed by atoms with van der Waals surface area (Å²) in [6.45, 7) is 8.70. The van der Waals surface area contributed by atoms with E-state index in [0.717, 1.165) is 13.0 Å². The van der Waals surface area contributed by atoms with Crippen LogP contribution < -0.4 is 5.32 Å². The van der Waals surface area contributed by atoms with E-state index in [1.54, 1.807) is 7.11 Å². The number of hydrogen-bond acceptors (Lipinski definition) is 5. The molecule has 0 aromatic heterocycles. The highest BCUT2D eigenvalue weighted by Crippen LogP contribution is 1.91. The number of ether oxygens (including phenoxy) is 3. The lowest BCUT2D eigenvalue weighted by Gasteiger charge is -2.13. The van der Waals surface area contributed by atoms with E-state index in [1.165, 1.54) is 0 Å². The highest BCUT2D eigenvalue weighted by atomic mass is 16.5. The van der Waals surface area contributed by atoms with Crippen LogP contribution in [-0.4, -0.2) is 64.4 Å². The Labute approximate surface area is 111 Å². The number of aliphatic hydroxyl groups is 1. The highest BCUT2D eigenvalue weighted by Gasteiger charge is 2.03. The van der Waals surface area contributed by atoms with Gasteiger partial charge in [0.15, 0.2) is 0 Å².